The van der Waals surface area contributed by atoms with Crippen LogP contribution in [-0.4, -0.2) is 30.2 Å². The van der Waals surface area contributed by atoms with Crippen LogP contribution in [0.4, 0.5) is 0 Å². The van der Waals surface area contributed by atoms with E-state index in [0.29, 0.717) is 23.2 Å². The van der Waals surface area contributed by atoms with Gasteiger partial charge in [-0.25, -0.2) is 9.97 Å². The summed E-state index contributed by atoms with van der Waals surface area (Å²) < 4.78 is 11.0. The molecule has 0 radical (unpaired) electrons. The van der Waals surface area contributed by atoms with Crippen molar-refractivity contribution in [3.8, 4) is 17.2 Å². The third-order valence-corrected chi connectivity index (χ3v) is 3.09. The van der Waals surface area contributed by atoms with Crippen molar-refractivity contribution in [3.63, 3.8) is 0 Å². The summed E-state index contributed by atoms with van der Waals surface area (Å²) in [6, 6.07) is 7.50. The van der Waals surface area contributed by atoms with Gasteiger partial charge in [0.15, 0.2) is 17.2 Å². The second-order valence-electron chi connectivity index (χ2n) is 4.39. The molecular formula is C14H15N3O2. The molecule has 1 aliphatic heterocycles. The van der Waals surface area contributed by atoms with Crippen LogP contribution in [0.1, 0.15) is 11.7 Å². The van der Waals surface area contributed by atoms with Crippen molar-refractivity contribution in [1.29, 1.82) is 0 Å². The molecule has 0 spiro atoms. The lowest BCUT2D eigenvalue weighted by atomic mass is 10.0. The summed E-state index contributed by atoms with van der Waals surface area (Å²) in [6.07, 6.45) is 3.40. The fourth-order valence-electron chi connectivity index (χ4n) is 1.89. The molecule has 1 fully saturated rings. The number of methoxy groups -OCH3 is 1. The summed E-state index contributed by atoms with van der Waals surface area (Å²) in [7, 11) is 1.62. The normalized spacial score (nSPS) is 14.8. The van der Waals surface area contributed by atoms with E-state index in [0.717, 1.165) is 18.9 Å². The second kappa shape index (κ2) is 5.24. The van der Waals surface area contributed by atoms with E-state index in [9.17, 15) is 0 Å². The Kier molecular flexibility index (Phi) is 3.29. The van der Waals surface area contributed by atoms with E-state index in [1.165, 1.54) is 0 Å². The van der Waals surface area contributed by atoms with Crippen LogP contribution >= 0.6 is 0 Å². The third kappa shape index (κ3) is 2.51. The maximum Gasteiger partial charge on any atom is 0.169 e. The zero-order valence-corrected chi connectivity index (χ0v) is 10.7. The molecule has 1 aromatic heterocycles. The molecule has 3 rings (SSSR count). The van der Waals surface area contributed by atoms with Gasteiger partial charge in [-0.3, -0.25) is 0 Å². The number of rotatable bonds is 4. The molecule has 2 heterocycles. The molecule has 0 bridgehead atoms. The number of nitrogens with zero attached hydrogens (tertiary/aromatic N) is 2. The maximum atomic E-state index is 5.72. The van der Waals surface area contributed by atoms with E-state index < -0.39 is 0 Å². The fraction of sp³-hybridized carbons (Fsp3) is 0.286. The summed E-state index contributed by atoms with van der Waals surface area (Å²) in [5.74, 6) is 3.26. The van der Waals surface area contributed by atoms with Crippen LogP contribution in [0.15, 0.2) is 36.7 Å². The van der Waals surface area contributed by atoms with Gasteiger partial charge in [-0.1, -0.05) is 12.1 Å². The zero-order chi connectivity index (χ0) is 13.1. The molecule has 1 aromatic carbocycles. The molecular weight excluding hydrogens is 242 g/mol. The van der Waals surface area contributed by atoms with E-state index in [-0.39, 0.29) is 0 Å². The molecule has 0 amide bonds. The Morgan fingerprint density at radius 2 is 1.79 bits per heavy atom. The minimum Gasteiger partial charge on any atom is -0.493 e. The van der Waals surface area contributed by atoms with Crippen LogP contribution in [-0.2, 0) is 0 Å². The zero-order valence-electron chi connectivity index (χ0n) is 10.7. The van der Waals surface area contributed by atoms with E-state index in [1.807, 2.05) is 24.3 Å². The van der Waals surface area contributed by atoms with Crippen molar-refractivity contribution in [2.75, 3.05) is 20.2 Å². The Morgan fingerprint density at radius 3 is 2.37 bits per heavy atom. The molecule has 98 valence electrons. The lowest BCUT2D eigenvalue weighted by Crippen LogP contribution is -2.40. The van der Waals surface area contributed by atoms with Gasteiger partial charge >= 0.3 is 0 Å². The number of hydrogen-bond donors (Lipinski definition) is 1. The molecule has 1 saturated heterocycles. The van der Waals surface area contributed by atoms with Crippen molar-refractivity contribution in [3.05, 3.63) is 42.5 Å². The third-order valence-electron chi connectivity index (χ3n) is 3.09. The van der Waals surface area contributed by atoms with Crippen molar-refractivity contribution < 1.29 is 9.47 Å². The van der Waals surface area contributed by atoms with Crippen molar-refractivity contribution in [2.24, 2.45) is 0 Å². The SMILES string of the molecule is COc1ccccc1Oc1cnc(C2CNC2)nc1. The van der Waals surface area contributed by atoms with Crippen LogP contribution in [0, 0.1) is 0 Å². The van der Waals surface area contributed by atoms with E-state index in [1.54, 1.807) is 19.5 Å². The molecule has 1 aliphatic rings. The van der Waals surface area contributed by atoms with Crippen LogP contribution in [0.3, 0.4) is 0 Å². The highest BCUT2D eigenvalue weighted by atomic mass is 16.5. The van der Waals surface area contributed by atoms with Gasteiger partial charge < -0.3 is 14.8 Å². The Morgan fingerprint density at radius 1 is 1.11 bits per heavy atom. The molecule has 0 unspecified atom stereocenters. The Balaban J connectivity index is 1.75. The molecule has 1 N–H and O–H groups in total. The van der Waals surface area contributed by atoms with Crippen LogP contribution in [0.25, 0.3) is 0 Å². The van der Waals surface area contributed by atoms with Crippen LogP contribution in [0.5, 0.6) is 17.2 Å². The highest BCUT2D eigenvalue weighted by Crippen LogP contribution is 2.30. The smallest absolute Gasteiger partial charge is 0.169 e. The number of nitrogens with one attached hydrogen (secondary N) is 1. The first kappa shape index (κ1) is 11.9. The predicted molar refractivity (Wildman–Crippen MR) is 70.7 cm³/mol. The van der Waals surface area contributed by atoms with E-state index in [4.69, 9.17) is 9.47 Å². The van der Waals surface area contributed by atoms with Gasteiger partial charge in [0.05, 0.1) is 19.5 Å². The summed E-state index contributed by atoms with van der Waals surface area (Å²) in [4.78, 5) is 8.67. The minimum atomic E-state index is 0.431. The van der Waals surface area contributed by atoms with Crippen LogP contribution < -0.4 is 14.8 Å². The Hall–Kier alpha value is -2.14. The molecule has 5 nitrogen and oxygen atoms in total. The summed E-state index contributed by atoms with van der Waals surface area (Å²) in [5.41, 5.74) is 0. The lowest BCUT2D eigenvalue weighted by molar-refractivity contribution is 0.376. The minimum absolute atomic E-state index is 0.431. The molecule has 0 atom stereocenters. The van der Waals surface area contributed by atoms with Gasteiger partial charge in [0.2, 0.25) is 0 Å². The topological polar surface area (TPSA) is 56.3 Å². The lowest BCUT2D eigenvalue weighted by Gasteiger charge is -2.25. The van der Waals surface area contributed by atoms with Crippen molar-refractivity contribution in [1.82, 2.24) is 15.3 Å². The number of aromatic nitrogens is 2. The molecule has 0 saturated carbocycles. The first-order valence-corrected chi connectivity index (χ1v) is 6.20. The number of benzene rings is 1. The average molecular weight is 257 g/mol. The molecule has 2 aromatic rings. The second-order valence-corrected chi connectivity index (χ2v) is 4.39. The van der Waals surface area contributed by atoms with Gasteiger partial charge in [-0.15, -0.1) is 0 Å². The van der Waals surface area contributed by atoms with Gasteiger partial charge in [0.25, 0.3) is 0 Å². The summed E-state index contributed by atoms with van der Waals surface area (Å²) >= 11 is 0. The number of para-hydroxylation sites is 2. The largest absolute Gasteiger partial charge is 0.493 e. The maximum absolute atomic E-state index is 5.72. The molecule has 5 heteroatoms. The molecule has 19 heavy (non-hydrogen) atoms. The average Bonchev–Trinajstić information content (AvgIpc) is 2.40. The Bertz CT molecular complexity index is 553. The van der Waals surface area contributed by atoms with Gasteiger partial charge in [-0.05, 0) is 12.1 Å². The predicted octanol–water partition coefficient (Wildman–Crippen LogP) is 1.96. The first-order valence-electron chi connectivity index (χ1n) is 6.20. The van der Waals surface area contributed by atoms with Gasteiger partial charge in [0, 0.05) is 19.0 Å². The summed E-state index contributed by atoms with van der Waals surface area (Å²) in [5, 5.41) is 3.20. The highest BCUT2D eigenvalue weighted by molar-refractivity contribution is 5.41. The fourth-order valence-corrected chi connectivity index (χ4v) is 1.89. The van der Waals surface area contributed by atoms with Crippen molar-refractivity contribution >= 4 is 0 Å². The summed E-state index contributed by atoms with van der Waals surface area (Å²) in [6.45, 7) is 1.90. The molecule has 0 aliphatic carbocycles. The monoisotopic (exact) mass is 257 g/mol. The number of hydrogen-bond acceptors (Lipinski definition) is 5. The first-order chi connectivity index (χ1) is 9.36. The van der Waals surface area contributed by atoms with E-state index >= 15 is 0 Å². The van der Waals surface area contributed by atoms with Crippen LogP contribution in [0.2, 0.25) is 0 Å². The quantitative estimate of drug-likeness (QED) is 0.907. The highest BCUT2D eigenvalue weighted by Gasteiger charge is 2.21. The van der Waals surface area contributed by atoms with E-state index in [2.05, 4.69) is 15.3 Å². The Labute approximate surface area is 111 Å². The van der Waals surface area contributed by atoms with Gasteiger partial charge in [-0.2, -0.15) is 0 Å². The standard InChI is InChI=1S/C14H15N3O2/c1-18-12-4-2-3-5-13(12)19-11-8-16-14(17-9-11)10-6-15-7-10/h2-5,8-10,15H,6-7H2,1H3. The van der Waals surface area contributed by atoms with Crippen molar-refractivity contribution in [2.45, 2.75) is 5.92 Å². The number of ether oxygens (including phenoxy) is 2. The van der Waals surface area contributed by atoms with Gasteiger partial charge in [0.1, 0.15) is 5.82 Å².